The molecule has 1 aromatic rings. The fourth-order valence-electron chi connectivity index (χ4n) is 1.35. The summed E-state index contributed by atoms with van der Waals surface area (Å²) in [5, 5.41) is 9.37. The summed E-state index contributed by atoms with van der Waals surface area (Å²) >= 11 is 11.9. The summed E-state index contributed by atoms with van der Waals surface area (Å²) in [6.07, 6.45) is 0.840. The first-order valence-electron chi connectivity index (χ1n) is 5.43. The van der Waals surface area contributed by atoms with Crippen LogP contribution in [0, 0.1) is 6.92 Å². The van der Waals surface area contributed by atoms with E-state index in [4.69, 9.17) is 28.3 Å². The Morgan fingerprint density at radius 2 is 1.89 bits per heavy atom. The lowest BCUT2D eigenvalue weighted by atomic mass is 10.2. The minimum Gasteiger partial charge on any atom is -0.396 e. The number of benzene rings is 1. The molecule has 0 aliphatic rings. The molecule has 1 aromatic carbocycles. The van der Waals surface area contributed by atoms with Crippen LogP contribution in [0.2, 0.25) is 10.0 Å². The van der Waals surface area contributed by atoms with Crippen molar-refractivity contribution in [2.75, 3.05) is 17.1 Å². The summed E-state index contributed by atoms with van der Waals surface area (Å²) in [6, 6.07) is 3.10. The first-order chi connectivity index (χ1) is 8.35. The maximum atomic E-state index is 11.7. The van der Waals surface area contributed by atoms with Gasteiger partial charge in [0.25, 0.3) is 0 Å². The summed E-state index contributed by atoms with van der Waals surface area (Å²) in [5.74, 6) is -0.0601. The van der Waals surface area contributed by atoms with Gasteiger partial charge >= 0.3 is 0 Å². The van der Waals surface area contributed by atoms with Crippen LogP contribution in [-0.2, 0) is 10.0 Å². The molecular weight excluding hydrogens is 297 g/mol. The lowest BCUT2D eigenvalue weighted by Gasteiger charge is -2.11. The van der Waals surface area contributed by atoms with Gasteiger partial charge in [0.15, 0.2) is 0 Å². The second-order valence-corrected chi connectivity index (χ2v) is 6.59. The van der Waals surface area contributed by atoms with E-state index >= 15 is 0 Å². The SMILES string of the molecule is Cc1cc(Cl)c(NS(=O)(=O)CCCCO)cc1Cl. The number of halogens is 2. The monoisotopic (exact) mass is 311 g/mol. The van der Waals surface area contributed by atoms with Gasteiger partial charge < -0.3 is 5.11 Å². The van der Waals surface area contributed by atoms with E-state index in [1.165, 1.54) is 6.07 Å². The van der Waals surface area contributed by atoms with Crippen molar-refractivity contribution in [3.8, 4) is 0 Å². The van der Waals surface area contributed by atoms with Gasteiger partial charge in [0.1, 0.15) is 0 Å². The van der Waals surface area contributed by atoms with Crippen molar-refractivity contribution in [2.24, 2.45) is 0 Å². The fourth-order valence-corrected chi connectivity index (χ4v) is 3.02. The first kappa shape index (κ1) is 15.6. The summed E-state index contributed by atoms with van der Waals surface area (Å²) in [4.78, 5) is 0. The van der Waals surface area contributed by atoms with Gasteiger partial charge in [-0.2, -0.15) is 0 Å². The minimum atomic E-state index is -3.46. The van der Waals surface area contributed by atoms with Gasteiger partial charge in [0.2, 0.25) is 10.0 Å². The van der Waals surface area contributed by atoms with Crippen LogP contribution >= 0.6 is 23.2 Å². The molecule has 0 saturated carbocycles. The molecule has 0 fully saturated rings. The maximum Gasteiger partial charge on any atom is 0.232 e. The fraction of sp³-hybridized carbons (Fsp3) is 0.455. The lowest BCUT2D eigenvalue weighted by molar-refractivity contribution is 0.287. The molecule has 0 unspecified atom stereocenters. The average molecular weight is 312 g/mol. The van der Waals surface area contributed by atoms with E-state index < -0.39 is 10.0 Å². The first-order valence-corrected chi connectivity index (χ1v) is 7.83. The van der Waals surface area contributed by atoms with Crippen LogP contribution in [0.1, 0.15) is 18.4 Å². The number of anilines is 1. The molecule has 18 heavy (non-hydrogen) atoms. The smallest absolute Gasteiger partial charge is 0.232 e. The second-order valence-electron chi connectivity index (χ2n) is 3.93. The molecule has 0 aliphatic carbocycles. The Morgan fingerprint density at radius 1 is 1.22 bits per heavy atom. The predicted octanol–water partition coefficient (Wildman–Crippen LogP) is 2.82. The quantitative estimate of drug-likeness (QED) is 0.794. The Kier molecular flexibility index (Phi) is 5.72. The Labute approximate surface area is 117 Å². The van der Waals surface area contributed by atoms with E-state index in [0.717, 1.165) is 5.56 Å². The van der Waals surface area contributed by atoms with Crippen molar-refractivity contribution in [1.82, 2.24) is 0 Å². The van der Waals surface area contributed by atoms with E-state index in [-0.39, 0.29) is 18.0 Å². The van der Waals surface area contributed by atoms with Gasteiger partial charge in [-0.25, -0.2) is 8.42 Å². The molecule has 0 atom stereocenters. The van der Waals surface area contributed by atoms with Crippen molar-refractivity contribution in [1.29, 1.82) is 0 Å². The zero-order valence-electron chi connectivity index (χ0n) is 9.91. The molecular formula is C11H15Cl2NO3S. The Hall–Kier alpha value is -0.490. The normalized spacial score (nSPS) is 11.6. The van der Waals surface area contributed by atoms with E-state index in [1.54, 1.807) is 13.0 Å². The number of sulfonamides is 1. The zero-order chi connectivity index (χ0) is 13.8. The molecule has 0 radical (unpaired) electrons. The maximum absolute atomic E-state index is 11.7. The number of hydrogen-bond acceptors (Lipinski definition) is 3. The summed E-state index contributed by atoms with van der Waals surface area (Å²) < 4.78 is 25.8. The number of aliphatic hydroxyl groups excluding tert-OH is 1. The standard InChI is InChI=1S/C11H15Cl2NO3S/c1-8-6-10(13)11(7-9(8)12)14-18(16,17)5-3-2-4-15/h6-7,14-15H,2-5H2,1H3. The minimum absolute atomic E-state index is 0.0212. The van der Waals surface area contributed by atoms with Crippen LogP contribution in [0.4, 0.5) is 5.69 Å². The molecule has 0 amide bonds. The molecule has 102 valence electrons. The lowest BCUT2D eigenvalue weighted by Crippen LogP contribution is -2.17. The third kappa shape index (κ3) is 4.65. The van der Waals surface area contributed by atoms with Crippen molar-refractivity contribution in [3.63, 3.8) is 0 Å². The van der Waals surface area contributed by atoms with Gasteiger partial charge in [0.05, 0.1) is 16.5 Å². The highest BCUT2D eigenvalue weighted by atomic mass is 35.5. The average Bonchev–Trinajstić information content (AvgIpc) is 2.26. The van der Waals surface area contributed by atoms with Gasteiger partial charge in [0, 0.05) is 11.6 Å². The third-order valence-corrected chi connectivity index (χ3v) is 4.41. The Balaban J connectivity index is 2.81. The highest BCUT2D eigenvalue weighted by Gasteiger charge is 2.13. The summed E-state index contributed by atoms with van der Waals surface area (Å²) in [5.41, 5.74) is 1.06. The molecule has 0 heterocycles. The molecule has 1 rings (SSSR count). The van der Waals surface area contributed by atoms with E-state index in [0.29, 0.717) is 22.9 Å². The van der Waals surface area contributed by atoms with Crippen molar-refractivity contribution < 1.29 is 13.5 Å². The van der Waals surface area contributed by atoms with Crippen LogP contribution in [0.15, 0.2) is 12.1 Å². The van der Waals surface area contributed by atoms with Gasteiger partial charge in [-0.1, -0.05) is 23.2 Å². The van der Waals surface area contributed by atoms with Crippen LogP contribution < -0.4 is 4.72 Å². The van der Waals surface area contributed by atoms with E-state index in [2.05, 4.69) is 4.72 Å². The Morgan fingerprint density at radius 3 is 2.50 bits per heavy atom. The van der Waals surface area contributed by atoms with Crippen LogP contribution in [-0.4, -0.2) is 25.9 Å². The van der Waals surface area contributed by atoms with Crippen molar-refractivity contribution in [3.05, 3.63) is 27.7 Å². The molecule has 2 N–H and O–H groups in total. The molecule has 7 heteroatoms. The molecule has 0 aromatic heterocycles. The van der Waals surface area contributed by atoms with Crippen LogP contribution in [0.5, 0.6) is 0 Å². The number of aliphatic hydroxyl groups is 1. The van der Waals surface area contributed by atoms with Gasteiger partial charge in [-0.3, -0.25) is 4.72 Å². The number of aryl methyl sites for hydroxylation is 1. The highest BCUT2D eigenvalue weighted by Crippen LogP contribution is 2.29. The number of hydrogen-bond donors (Lipinski definition) is 2. The largest absolute Gasteiger partial charge is 0.396 e. The third-order valence-electron chi connectivity index (χ3n) is 2.33. The van der Waals surface area contributed by atoms with Crippen LogP contribution in [0.25, 0.3) is 0 Å². The predicted molar refractivity (Wildman–Crippen MR) is 74.9 cm³/mol. The second kappa shape index (κ2) is 6.61. The number of unbranched alkanes of at least 4 members (excludes halogenated alkanes) is 1. The van der Waals surface area contributed by atoms with Crippen molar-refractivity contribution >= 4 is 38.9 Å². The molecule has 0 saturated heterocycles. The Bertz CT molecular complexity index is 517. The topological polar surface area (TPSA) is 66.4 Å². The van der Waals surface area contributed by atoms with E-state index in [1.807, 2.05) is 0 Å². The van der Waals surface area contributed by atoms with Crippen molar-refractivity contribution in [2.45, 2.75) is 19.8 Å². The summed E-state index contributed by atoms with van der Waals surface area (Å²) in [7, 11) is -3.46. The number of nitrogens with one attached hydrogen (secondary N) is 1. The summed E-state index contributed by atoms with van der Waals surface area (Å²) in [6.45, 7) is 1.76. The molecule has 0 bridgehead atoms. The number of rotatable bonds is 6. The van der Waals surface area contributed by atoms with E-state index in [9.17, 15) is 8.42 Å². The highest BCUT2D eigenvalue weighted by molar-refractivity contribution is 7.92. The molecule has 0 aliphatic heterocycles. The van der Waals surface area contributed by atoms with Gasteiger partial charge in [-0.15, -0.1) is 0 Å². The zero-order valence-corrected chi connectivity index (χ0v) is 12.2. The molecule has 4 nitrogen and oxygen atoms in total. The van der Waals surface area contributed by atoms with Crippen LogP contribution in [0.3, 0.4) is 0 Å². The molecule has 0 spiro atoms. The van der Waals surface area contributed by atoms with Gasteiger partial charge in [-0.05, 0) is 37.5 Å².